The van der Waals surface area contributed by atoms with Gasteiger partial charge in [-0.05, 0) is 62.4 Å². The fourth-order valence-corrected chi connectivity index (χ4v) is 5.92. The van der Waals surface area contributed by atoms with Crippen molar-refractivity contribution in [1.29, 1.82) is 0 Å². The SMILES string of the molecule is Cc1ccc(C(=O)NCCCc2ccccc2)c(C2CCN(S(=O)(=O)c3ccccc3)CC2)n1. The number of amides is 1. The van der Waals surface area contributed by atoms with Crippen molar-refractivity contribution in [2.75, 3.05) is 19.6 Å². The lowest BCUT2D eigenvalue weighted by atomic mass is 9.90. The van der Waals surface area contributed by atoms with Crippen LogP contribution in [0, 0.1) is 6.92 Å². The molecule has 6 nitrogen and oxygen atoms in total. The summed E-state index contributed by atoms with van der Waals surface area (Å²) in [5.74, 6) is -0.0675. The fraction of sp³-hybridized carbons (Fsp3) is 0.333. The molecule has 4 rings (SSSR count). The molecule has 0 atom stereocenters. The molecule has 1 aromatic heterocycles. The Labute approximate surface area is 202 Å². The lowest BCUT2D eigenvalue weighted by Gasteiger charge is -2.31. The zero-order valence-corrected chi connectivity index (χ0v) is 20.3. The second kappa shape index (κ2) is 10.9. The van der Waals surface area contributed by atoms with E-state index >= 15 is 0 Å². The van der Waals surface area contributed by atoms with Gasteiger partial charge >= 0.3 is 0 Å². The number of pyridine rings is 1. The van der Waals surface area contributed by atoms with Gasteiger partial charge in [0.25, 0.3) is 5.91 Å². The van der Waals surface area contributed by atoms with Gasteiger partial charge in [0, 0.05) is 31.2 Å². The van der Waals surface area contributed by atoms with Gasteiger partial charge in [-0.1, -0.05) is 48.5 Å². The molecule has 0 aliphatic carbocycles. The van der Waals surface area contributed by atoms with Crippen LogP contribution in [0.2, 0.25) is 0 Å². The molecule has 1 fully saturated rings. The summed E-state index contributed by atoms with van der Waals surface area (Å²) < 4.78 is 27.4. The fourth-order valence-electron chi connectivity index (χ4n) is 4.43. The Balaban J connectivity index is 1.39. The van der Waals surface area contributed by atoms with Gasteiger partial charge in [0.05, 0.1) is 16.2 Å². The van der Waals surface area contributed by atoms with Crippen LogP contribution in [-0.4, -0.2) is 43.2 Å². The van der Waals surface area contributed by atoms with Crippen molar-refractivity contribution >= 4 is 15.9 Å². The van der Waals surface area contributed by atoms with E-state index < -0.39 is 10.0 Å². The van der Waals surface area contributed by atoms with E-state index in [0.717, 1.165) is 24.2 Å². The Bertz CT molecular complexity index is 1210. The molecular formula is C27H31N3O3S. The number of nitrogens with one attached hydrogen (secondary N) is 1. The highest BCUT2D eigenvalue weighted by atomic mass is 32.2. The molecule has 34 heavy (non-hydrogen) atoms. The number of nitrogens with zero attached hydrogens (tertiary/aromatic N) is 2. The Morgan fingerprint density at radius 2 is 1.62 bits per heavy atom. The van der Waals surface area contributed by atoms with Crippen molar-refractivity contribution in [2.24, 2.45) is 0 Å². The minimum Gasteiger partial charge on any atom is -0.352 e. The summed E-state index contributed by atoms with van der Waals surface area (Å²) in [4.78, 5) is 18.0. The van der Waals surface area contributed by atoms with Gasteiger partial charge in [0.15, 0.2) is 0 Å². The van der Waals surface area contributed by atoms with E-state index in [2.05, 4.69) is 17.4 Å². The zero-order valence-electron chi connectivity index (χ0n) is 19.5. The molecule has 7 heteroatoms. The highest BCUT2D eigenvalue weighted by molar-refractivity contribution is 7.89. The number of aromatic nitrogens is 1. The van der Waals surface area contributed by atoms with Crippen molar-refractivity contribution in [3.63, 3.8) is 0 Å². The molecule has 2 aromatic carbocycles. The third-order valence-corrected chi connectivity index (χ3v) is 8.21. The molecule has 2 heterocycles. The maximum Gasteiger partial charge on any atom is 0.253 e. The number of benzene rings is 2. The second-order valence-corrected chi connectivity index (χ2v) is 10.7. The molecule has 1 aliphatic heterocycles. The van der Waals surface area contributed by atoms with Gasteiger partial charge in [0.2, 0.25) is 10.0 Å². The van der Waals surface area contributed by atoms with Crippen LogP contribution in [0.3, 0.4) is 0 Å². The first kappa shape index (κ1) is 24.1. The smallest absolute Gasteiger partial charge is 0.253 e. The summed E-state index contributed by atoms with van der Waals surface area (Å²) in [5, 5.41) is 3.04. The van der Waals surface area contributed by atoms with Gasteiger partial charge in [-0.3, -0.25) is 9.78 Å². The van der Waals surface area contributed by atoms with Crippen LogP contribution in [0.25, 0.3) is 0 Å². The highest BCUT2D eigenvalue weighted by Gasteiger charge is 2.32. The van der Waals surface area contributed by atoms with Crippen LogP contribution in [0.5, 0.6) is 0 Å². The first-order valence-corrected chi connectivity index (χ1v) is 13.2. The van der Waals surface area contributed by atoms with Crippen LogP contribution in [0.15, 0.2) is 77.7 Å². The minimum absolute atomic E-state index is 0.0483. The van der Waals surface area contributed by atoms with Crippen LogP contribution in [0.1, 0.15) is 52.5 Å². The molecule has 0 bridgehead atoms. The Hall–Kier alpha value is -3.03. The maximum absolute atomic E-state index is 13.0. The molecule has 178 valence electrons. The van der Waals surface area contributed by atoms with E-state index in [4.69, 9.17) is 4.98 Å². The predicted molar refractivity (Wildman–Crippen MR) is 133 cm³/mol. The van der Waals surface area contributed by atoms with Crippen LogP contribution in [0.4, 0.5) is 0 Å². The van der Waals surface area contributed by atoms with E-state index in [1.54, 1.807) is 24.3 Å². The van der Waals surface area contributed by atoms with Crippen molar-refractivity contribution in [2.45, 2.75) is 43.4 Å². The predicted octanol–water partition coefficient (Wildman–Crippen LogP) is 4.32. The first-order valence-electron chi connectivity index (χ1n) is 11.8. The van der Waals surface area contributed by atoms with Crippen LogP contribution < -0.4 is 5.32 Å². The van der Waals surface area contributed by atoms with E-state index in [1.165, 1.54) is 9.87 Å². The third kappa shape index (κ3) is 5.72. The zero-order chi connectivity index (χ0) is 24.0. The van der Waals surface area contributed by atoms with Gasteiger partial charge in [-0.15, -0.1) is 0 Å². The van der Waals surface area contributed by atoms with Gasteiger partial charge in [-0.25, -0.2) is 8.42 Å². The van der Waals surface area contributed by atoms with Crippen molar-refractivity contribution in [3.8, 4) is 0 Å². The Kier molecular flexibility index (Phi) is 7.75. The van der Waals surface area contributed by atoms with Gasteiger partial charge in [-0.2, -0.15) is 4.31 Å². The summed E-state index contributed by atoms with van der Waals surface area (Å²) in [7, 11) is -3.51. The summed E-state index contributed by atoms with van der Waals surface area (Å²) in [6.45, 7) is 3.33. The molecule has 0 radical (unpaired) electrons. The second-order valence-electron chi connectivity index (χ2n) is 8.72. The van der Waals surface area contributed by atoms with E-state index in [0.29, 0.717) is 42.9 Å². The molecule has 0 unspecified atom stereocenters. The van der Waals surface area contributed by atoms with Crippen molar-refractivity contribution in [3.05, 3.63) is 95.3 Å². The molecule has 1 aliphatic rings. The average Bonchev–Trinajstić information content (AvgIpc) is 2.87. The molecule has 1 amide bonds. The van der Waals surface area contributed by atoms with E-state index in [9.17, 15) is 13.2 Å². The molecule has 3 aromatic rings. The number of aryl methyl sites for hydroxylation is 2. The number of hydrogen-bond donors (Lipinski definition) is 1. The lowest BCUT2D eigenvalue weighted by Crippen LogP contribution is -2.38. The number of carbonyl (C=O) groups excluding carboxylic acids is 1. The molecule has 0 spiro atoms. The van der Waals surface area contributed by atoms with Crippen LogP contribution >= 0.6 is 0 Å². The Morgan fingerprint density at radius 3 is 2.29 bits per heavy atom. The number of rotatable bonds is 8. The summed E-state index contributed by atoms with van der Waals surface area (Å²) in [5.41, 5.74) is 3.48. The normalized spacial score (nSPS) is 15.2. The minimum atomic E-state index is -3.51. The Morgan fingerprint density at radius 1 is 0.971 bits per heavy atom. The van der Waals surface area contributed by atoms with Gasteiger partial charge in [0.1, 0.15) is 0 Å². The summed E-state index contributed by atoms with van der Waals surface area (Å²) in [6.07, 6.45) is 3.04. The first-order chi connectivity index (χ1) is 16.4. The topological polar surface area (TPSA) is 79.4 Å². The summed E-state index contributed by atoms with van der Waals surface area (Å²) >= 11 is 0. The largest absolute Gasteiger partial charge is 0.352 e. The average molecular weight is 478 g/mol. The molecule has 1 saturated heterocycles. The van der Waals surface area contributed by atoms with E-state index in [-0.39, 0.29) is 11.8 Å². The van der Waals surface area contributed by atoms with Gasteiger partial charge < -0.3 is 5.32 Å². The third-order valence-electron chi connectivity index (χ3n) is 6.30. The lowest BCUT2D eigenvalue weighted by molar-refractivity contribution is 0.0950. The number of hydrogen-bond acceptors (Lipinski definition) is 4. The van der Waals surface area contributed by atoms with Crippen molar-refractivity contribution < 1.29 is 13.2 Å². The van der Waals surface area contributed by atoms with E-state index in [1.807, 2.05) is 43.3 Å². The number of piperidine rings is 1. The monoisotopic (exact) mass is 477 g/mol. The standard InChI is InChI=1S/C27H31N3O3S/c1-21-14-15-25(27(31)28-18-8-11-22-9-4-2-5-10-22)26(29-21)23-16-19-30(20-17-23)34(32,33)24-12-6-3-7-13-24/h2-7,9-10,12-15,23H,8,11,16-20H2,1H3,(H,28,31). The van der Waals surface area contributed by atoms with Crippen LogP contribution in [-0.2, 0) is 16.4 Å². The quantitative estimate of drug-likeness (QED) is 0.490. The molecular weight excluding hydrogens is 446 g/mol. The summed E-state index contributed by atoms with van der Waals surface area (Å²) in [6, 6.07) is 22.5. The maximum atomic E-state index is 13.0. The highest BCUT2D eigenvalue weighted by Crippen LogP contribution is 2.31. The molecule has 1 N–H and O–H groups in total. The molecule has 0 saturated carbocycles. The number of carbonyl (C=O) groups is 1. The van der Waals surface area contributed by atoms with Crippen molar-refractivity contribution in [1.82, 2.24) is 14.6 Å². The number of sulfonamides is 1.